The van der Waals surface area contributed by atoms with E-state index >= 15 is 0 Å². The molecule has 4 aliphatic rings. The highest BCUT2D eigenvalue weighted by Crippen LogP contribution is 2.55. The Kier molecular flexibility index (Phi) is 5.42. The molecule has 0 unspecified atom stereocenters. The highest BCUT2D eigenvalue weighted by Gasteiger charge is 2.51. The molecule has 4 fully saturated rings. The maximum absolute atomic E-state index is 13.8. The Morgan fingerprint density at radius 2 is 1.70 bits per heavy atom. The highest BCUT2D eigenvalue weighted by molar-refractivity contribution is 5.98. The molecule has 0 radical (unpaired) electrons. The third-order valence-electron chi connectivity index (χ3n) is 6.69. The number of methoxy groups -OCH3 is 1. The number of ether oxygens (including phenoxy) is 2. The molecule has 0 spiro atoms. The number of carbonyl (C=O) groups excluding carboxylic acids is 3. The second kappa shape index (κ2) is 7.89. The number of hydrogen-bond donors (Lipinski definition) is 2. The zero-order chi connectivity index (χ0) is 21.5. The van der Waals surface area contributed by atoms with Crippen LogP contribution in [0.1, 0.15) is 55.8 Å². The molecule has 0 aromatic heterocycles. The Balaban J connectivity index is 1.30. The van der Waals surface area contributed by atoms with Crippen LogP contribution >= 0.6 is 0 Å². The predicted molar refractivity (Wildman–Crippen MR) is 105 cm³/mol. The molecular weight excluding hydrogens is 391 g/mol. The number of benzene rings is 1. The van der Waals surface area contributed by atoms with Crippen molar-refractivity contribution in [3.05, 3.63) is 29.6 Å². The summed E-state index contributed by atoms with van der Waals surface area (Å²) < 4.78 is 23.7. The van der Waals surface area contributed by atoms with Crippen molar-refractivity contribution in [1.29, 1.82) is 0 Å². The first-order chi connectivity index (χ1) is 14.3. The number of hydrogen-bond acceptors (Lipinski definition) is 5. The van der Waals surface area contributed by atoms with Crippen LogP contribution in [0, 0.1) is 23.6 Å². The van der Waals surface area contributed by atoms with Crippen LogP contribution in [0.2, 0.25) is 0 Å². The summed E-state index contributed by atoms with van der Waals surface area (Å²) in [7, 11) is 1.32. The van der Waals surface area contributed by atoms with Crippen LogP contribution in [0.3, 0.4) is 0 Å². The summed E-state index contributed by atoms with van der Waals surface area (Å²) in [5, 5.41) is 5.32. The van der Waals surface area contributed by atoms with Crippen molar-refractivity contribution < 1.29 is 28.2 Å². The molecule has 30 heavy (non-hydrogen) atoms. The number of carbonyl (C=O) groups is 3. The van der Waals surface area contributed by atoms with Crippen LogP contribution in [0.15, 0.2) is 18.2 Å². The van der Waals surface area contributed by atoms with Crippen LogP contribution in [0.4, 0.5) is 9.18 Å². The van der Waals surface area contributed by atoms with E-state index in [9.17, 15) is 18.8 Å². The molecule has 8 heteroatoms. The third-order valence-corrected chi connectivity index (χ3v) is 6.69. The molecule has 1 aromatic rings. The summed E-state index contributed by atoms with van der Waals surface area (Å²) in [5.41, 5.74) is -0.273. The van der Waals surface area contributed by atoms with Gasteiger partial charge in [0, 0.05) is 5.54 Å². The average molecular weight is 418 g/mol. The average Bonchev–Trinajstić information content (AvgIpc) is 2.66. The van der Waals surface area contributed by atoms with Gasteiger partial charge in [0.15, 0.2) is 17.7 Å². The quantitative estimate of drug-likeness (QED) is 0.717. The summed E-state index contributed by atoms with van der Waals surface area (Å²) in [6.07, 6.45) is 5.45. The van der Waals surface area contributed by atoms with Gasteiger partial charge in [-0.1, -0.05) is 0 Å². The van der Waals surface area contributed by atoms with Crippen molar-refractivity contribution in [2.75, 3.05) is 7.11 Å². The predicted octanol–water partition coefficient (Wildman–Crippen LogP) is 3.17. The van der Waals surface area contributed by atoms with Crippen molar-refractivity contribution in [2.45, 2.75) is 57.1 Å². The molecule has 1 atom stereocenters. The van der Waals surface area contributed by atoms with Gasteiger partial charge in [-0.3, -0.25) is 10.1 Å². The van der Waals surface area contributed by atoms with Gasteiger partial charge in [0.1, 0.15) is 0 Å². The van der Waals surface area contributed by atoms with Crippen molar-refractivity contribution in [1.82, 2.24) is 10.6 Å². The summed E-state index contributed by atoms with van der Waals surface area (Å²) in [4.78, 5) is 37.0. The Morgan fingerprint density at radius 3 is 2.23 bits per heavy atom. The Bertz CT molecular complexity index is 836. The number of amides is 3. The van der Waals surface area contributed by atoms with Crippen molar-refractivity contribution >= 4 is 17.9 Å². The van der Waals surface area contributed by atoms with Gasteiger partial charge in [-0.25, -0.2) is 14.0 Å². The van der Waals surface area contributed by atoms with E-state index in [4.69, 9.17) is 9.47 Å². The number of esters is 1. The molecule has 7 nitrogen and oxygen atoms in total. The summed E-state index contributed by atoms with van der Waals surface area (Å²) in [6.45, 7) is 1.37. The lowest BCUT2D eigenvalue weighted by molar-refractivity contribution is -0.128. The van der Waals surface area contributed by atoms with Crippen molar-refractivity contribution in [3.63, 3.8) is 0 Å². The first kappa shape index (κ1) is 20.6. The van der Waals surface area contributed by atoms with E-state index in [0.29, 0.717) is 17.8 Å². The first-order valence-corrected chi connectivity index (χ1v) is 10.4. The second-order valence-corrected chi connectivity index (χ2v) is 9.04. The molecule has 1 aromatic carbocycles. The van der Waals surface area contributed by atoms with Crippen molar-refractivity contribution in [2.24, 2.45) is 17.8 Å². The molecule has 162 valence electrons. The van der Waals surface area contributed by atoms with Crippen LogP contribution in [-0.4, -0.2) is 36.7 Å². The minimum atomic E-state index is -1.20. The van der Waals surface area contributed by atoms with Crippen molar-refractivity contribution in [3.8, 4) is 5.75 Å². The topological polar surface area (TPSA) is 93.7 Å². The molecule has 4 bridgehead atoms. The molecule has 0 heterocycles. The third kappa shape index (κ3) is 4.13. The number of rotatable bonds is 5. The molecule has 4 saturated carbocycles. The largest absolute Gasteiger partial charge is 0.494 e. The monoisotopic (exact) mass is 418 g/mol. The van der Waals surface area contributed by atoms with Gasteiger partial charge >= 0.3 is 12.0 Å². The SMILES string of the molecule is COc1ccc(C(=O)O[C@H](C)C(=O)NC(=O)NC23CC4CC(CC(C4)C2)C3)cc1F. The number of halogens is 1. The van der Waals surface area contributed by atoms with E-state index in [0.717, 1.165) is 25.3 Å². The Labute approximate surface area is 174 Å². The first-order valence-electron chi connectivity index (χ1n) is 10.4. The van der Waals surface area contributed by atoms with Crippen LogP contribution in [0.5, 0.6) is 5.75 Å². The van der Waals surface area contributed by atoms with E-state index in [1.807, 2.05) is 0 Å². The minimum absolute atomic E-state index is 0.00121. The van der Waals surface area contributed by atoms with E-state index in [1.54, 1.807) is 0 Å². The van der Waals surface area contributed by atoms with Gasteiger partial charge in [0.05, 0.1) is 12.7 Å². The van der Waals surface area contributed by atoms with Gasteiger partial charge in [-0.15, -0.1) is 0 Å². The Morgan fingerprint density at radius 1 is 1.10 bits per heavy atom. The molecular formula is C22H27FN2O5. The lowest BCUT2D eigenvalue weighted by Gasteiger charge is -2.56. The number of imide groups is 1. The highest BCUT2D eigenvalue weighted by atomic mass is 19.1. The molecule has 2 N–H and O–H groups in total. The van der Waals surface area contributed by atoms with E-state index < -0.39 is 29.8 Å². The van der Waals surface area contributed by atoms with Gasteiger partial charge in [-0.2, -0.15) is 0 Å². The van der Waals surface area contributed by atoms with Crippen LogP contribution in [0.25, 0.3) is 0 Å². The van der Waals surface area contributed by atoms with Gasteiger partial charge in [0.2, 0.25) is 0 Å². The molecule has 3 amide bonds. The Hall–Kier alpha value is -2.64. The maximum atomic E-state index is 13.8. The van der Waals surface area contributed by atoms with Crippen LogP contribution in [-0.2, 0) is 9.53 Å². The van der Waals surface area contributed by atoms with Gasteiger partial charge in [-0.05, 0) is 81.4 Å². The zero-order valence-corrected chi connectivity index (χ0v) is 17.2. The molecule has 0 aliphatic heterocycles. The summed E-state index contributed by atoms with van der Waals surface area (Å²) in [5.74, 6) is -0.302. The molecule has 5 rings (SSSR count). The molecule has 4 aliphatic carbocycles. The lowest BCUT2D eigenvalue weighted by atomic mass is 9.53. The minimum Gasteiger partial charge on any atom is -0.494 e. The lowest BCUT2D eigenvalue weighted by Crippen LogP contribution is -2.62. The molecule has 0 saturated heterocycles. The zero-order valence-electron chi connectivity index (χ0n) is 17.2. The summed E-state index contributed by atoms with van der Waals surface area (Å²) in [6, 6.07) is 3.07. The number of urea groups is 1. The normalized spacial score (nSPS) is 29.8. The van der Waals surface area contributed by atoms with Gasteiger partial charge in [0.25, 0.3) is 5.91 Å². The van der Waals surface area contributed by atoms with E-state index in [-0.39, 0.29) is 16.9 Å². The maximum Gasteiger partial charge on any atom is 0.339 e. The van der Waals surface area contributed by atoms with Gasteiger partial charge < -0.3 is 14.8 Å². The fourth-order valence-electron chi connectivity index (χ4n) is 5.82. The standard InChI is InChI=1S/C22H27FN2O5/c1-12(30-20(27)16-3-4-18(29-2)17(23)8-16)19(26)24-21(28)25-22-9-13-5-14(10-22)7-15(6-13)11-22/h3-4,8,12-15H,5-7,9-11H2,1-2H3,(H2,24,25,26,28)/t12-,13?,14?,15?,22?/m1/s1. The second-order valence-electron chi connectivity index (χ2n) is 9.04. The smallest absolute Gasteiger partial charge is 0.339 e. The van der Waals surface area contributed by atoms with E-state index in [1.165, 1.54) is 45.4 Å². The summed E-state index contributed by atoms with van der Waals surface area (Å²) >= 11 is 0. The fourth-order valence-corrected chi connectivity index (χ4v) is 5.82. The number of nitrogens with one attached hydrogen (secondary N) is 2. The fraction of sp³-hybridized carbons (Fsp3) is 0.591. The van der Waals surface area contributed by atoms with Crippen LogP contribution < -0.4 is 15.4 Å². The van der Waals surface area contributed by atoms with E-state index in [2.05, 4.69) is 10.6 Å².